The van der Waals surface area contributed by atoms with E-state index >= 15 is 0 Å². The first-order valence-electron chi connectivity index (χ1n) is 7.07. The van der Waals surface area contributed by atoms with Gasteiger partial charge in [0.15, 0.2) is 5.82 Å². The molecule has 1 aromatic rings. The van der Waals surface area contributed by atoms with Crippen molar-refractivity contribution in [2.24, 2.45) is 0 Å². The van der Waals surface area contributed by atoms with Crippen molar-refractivity contribution in [2.45, 2.75) is 13.3 Å². The van der Waals surface area contributed by atoms with Gasteiger partial charge in [0, 0.05) is 32.7 Å². The number of aliphatic hydroxyl groups excluding tert-OH is 1. The van der Waals surface area contributed by atoms with Crippen LogP contribution in [0.4, 0.5) is 11.5 Å². The van der Waals surface area contributed by atoms with Crippen molar-refractivity contribution in [3.8, 4) is 5.88 Å². The Morgan fingerprint density at radius 3 is 2.70 bits per heavy atom. The number of β-amino-alcohol motifs (C(OH)–C–C–N with tert-alkyl or cyclic N) is 1. The summed E-state index contributed by atoms with van der Waals surface area (Å²) in [6.07, 6.45) is 2.41. The van der Waals surface area contributed by atoms with Crippen LogP contribution >= 0.6 is 0 Å². The van der Waals surface area contributed by atoms with E-state index in [9.17, 15) is 0 Å². The van der Waals surface area contributed by atoms with Crippen molar-refractivity contribution in [3.05, 3.63) is 6.33 Å². The molecule has 0 bridgehead atoms. The average Bonchev–Trinajstić information content (AvgIpc) is 2.48. The standard InChI is InChI=1S/C13H23N5O2/c1-2-9-20-13-11(14)12(15-10-16-13)18-5-3-17(4-6-18)7-8-19/h10,19H,2-9,14H2,1H3. The lowest BCUT2D eigenvalue weighted by Gasteiger charge is -2.35. The Morgan fingerprint density at radius 2 is 2.05 bits per heavy atom. The zero-order valence-electron chi connectivity index (χ0n) is 12.0. The summed E-state index contributed by atoms with van der Waals surface area (Å²) in [6.45, 7) is 7.04. The molecule has 1 fully saturated rings. The molecule has 7 heteroatoms. The number of piperazine rings is 1. The van der Waals surface area contributed by atoms with Crippen molar-refractivity contribution in [3.63, 3.8) is 0 Å². The molecule has 0 spiro atoms. The van der Waals surface area contributed by atoms with Crippen LogP contribution in [0.15, 0.2) is 6.33 Å². The Morgan fingerprint density at radius 1 is 1.30 bits per heavy atom. The summed E-state index contributed by atoms with van der Waals surface area (Å²) < 4.78 is 5.53. The summed E-state index contributed by atoms with van der Waals surface area (Å²) in [7, 11) is 0. The number of nitrogens with two attached hydrogens (primary N) is 1. The van der Waals surface area contributed by atoms with E-state index in [2.05, 4.69) is 19.8 Å². The molecule has 0 amide bonds. The predicted octanol–water partition coefficient (Wildman–Crippen LogP) is -0.0381. The van der Waals surface area contributed by atoms with Crippen LogP contribution < -0.4 is 15.4 Å². The zero-order chi connectivity index (χ0) is 14.4. The molecule has 112 valence electrons. The second-order valence-corrected chi connectivity index (χ2v) is 4.82. The number of hydrogen-bond acceptors (Lipinski definition) is 7. The predicted molar refractivity (Wildman–Crippen MR) is 78.0 cm³/mol. The molecule has 2 heterocycles. The fourth-order valence-corrected chi connectivity index (χ4v) is 2.26. The fraction of sp³-hybridized carbons (Fsp3) is 0.692. The minimum atomic E-state index is 0.199. The van der Waals surface area contributed by atoms with Crippen molar-refractivity contribution in [1.29, 1.82) is 0 Å². The Kier molecular flexibility index (Phi) is 5.37. The second kappa shape index (κ2) is 7.25. The maximum atomic E-state index is 8.95. The Balaban J connectivity index is 2.02. The zero-order valence-corrected chi connectivity index (χ0v) is 12.0. The van der Waals surface area contributed by atoms with E-state index in [1.54, 1.807) is 0 Å². The molecule has 0 radical (unpaired) electrons. The highest BCUT2D eigenvalue weighted by atomic mass is 16.5. The van der Waals surface area contributed by atoms with Crippen LogP contribution in [-0.4, -0.2) is 65.9 Å². The number of ether oxygens (including phenoxy) is 1. The van der Waals surface area contributed by atoms with Crippen LogP contribution in [0, 0.1) is 0 Å². The lowest BCUT2D eigenvalue weighted by Crippen LogP contribution is -2.47. The third-order valence-electron chi connectivity index (χ3n) is 3.36. The first kappa shape index (κ1) is 14.8. The number of nitrogens with zero attached hydrogens (tertiary/aromatic N) is 4. The number of anilines is 2. The van der Waals surface area contributed by atoms with Gasteiger partial charge in [0.25, 0.3) is 0 Å². The van der Waals surface area contributed by atoms with Crippen LogP contribution in [0.2, 0.25) is 0 Å². The van der Waals surface area contributed by atoms with Crippen molar-refractivity contribution < 1.29 is 9.84 Å². The lowest BCUT2D eigenvalue weighted by molar-refractivity contribution is 0.188. The van der Waals surface area contributed by atoms with Crippen LogP contribution in [0.5, 0.6) is 5.88 Å². The molecule has 1 aliphatic heterocycles. The third kappa shape index (κ3) is 3.49. The van der Waals surface area contributed by atoms with E-state index in [0.29, 0.717) is 18.2 Å². The highest BCUT2D eigenvalue weighted by molar-refractivity contribution is 5.67. The molecule has 7 nitrogen and oxygen atoms in total. The molecular formula is C13H23N5O2. The summed E-state index contributed by atoms with van der Waals surface area (Å²) >= 11 is 0. The molecule has 1 saturated heterocycles. The van der Waals surface area contributed by atoms with E-state index in [0.717, 1.165) is 45.0 Å². The van der Waals surface area contributed by atoms with E-state index in [1.165, 1.54) is 6.33 Å². The fourth-order valence-electron chi connectivity index (χ4n) is 2.26. The van der Waals surface area contributed by atoms with E-state index in [-0.39, 0.29) is 6.61 Å². The smallest absolute Gasteiger partial charge is 0.242 e. The summed E-state index contributed by atoms with van der Waals surface area (Å²) in [4.78, 5) is 12.7. The molecule has 0 atom stereocenters. The first-order chi connectivity index (χ1) is 9.76. The van der Waals surface area contributed by atoms with Gasteiger partial charge < -0.3 is 20.5 Å². The summed E-state index contributed by atoms with van der Waals surface area (Å²) in [6, 6.07) is 0. The lowest BCUT2D eigenvalue weighted by atomic mass is 10.3. The van der Waals surface area contributed by atoms with Gasteiger partial charge in [-0.25, -0.2) is 4.98 Å². The Labute approximate surface area is 119 Å². The SMILES string of the molecule is CCCOc1ncnc(N2CCN(CCO)CC2)c1N. The second-order valence-electron chi connectivity index (χ2n) is 4.82. The highest BCUT2D eigenvalue weighted by Crippen LogP contribution is 2.28. The number of aromatic nitrogens is 2. The third-order valence-corrected chi connectivity index (χ3v) is 3.36. The van der Waals surface area contributed by atoms with Gasteiger partial charge >= 0.3 is 0 Å². The van der Waals surface area contributed by atoms with E-state index < -0.39 is 0 Å². The van der Waals surface area contributed by atoms with Crippen molar-refractivity contribution >= 4 is 11.5 Å². The summed E-state index contributed by atoms with van der Waals surface area (Å²) in [5.41, 5.74) is 6.61. The molecule has 0 aliphatic carbocycles. The van der Waals surface area contributed by atoms with Crippen LogP contribution in [0.25, 0.3) is 0 Å². The van der Waals surface area contributed by atoms with Gasteiger partial charge in [0.1, 0.15) is 12.0 Å². The topological polar surface area (TPSA) is 87.7 Å². The Hall–Kier alpha value is -1.60. The van der Waals surface area contributed by atoms with Crippen molar-refractivity contribution in [2.75, 3.05) is 56.6 Å². The summed E-state index contributed by atoms with van der Waals surface area (Å²) in [5, 5.41) is 8.95. The van der Waals surface area contributed by atoms with Gasteiger partial charge in [-0.3, -0.25) is 4.90 Å². The highest BCUT2D eigenvalue weighted by Gasteiger charge is 2.21. The van der Waals surface area contributed by atoms with Crippen LogP contribution in [0.1, 0.15) is 13.3 Å². The number of rotatable bonds is 6. The summed E-state index contributed by atoms with van der Waals surface area (Å²) in [5.74, 6) is 1.21. The molecular weight excluding hydrogens is 258 g/mol. The van der Waals surface area contributed by atoms with Gasteiger partial charge in [-0.1, -0.05) is 6.92 Å². The minimum absolute atomic E-state index is 0.199. The largest absolute Gasteiger partial charge is 0.476 e. The van der Waals surface area contributed by atoms with E-state index in [4.69, 9.17) is 15.6 Å². The molecule has 2 rings (SSSR count). The van der Waals surface area contributed by atoms with Gasteiger partial charge in [-0.15, -0.1) is 0 Å². The minimum Gasteiger partial charge on any atom is -0.476 e. The molecule has 0 aromatic carbocycles. The van der Waals surface area contributed by atoms with Gasteiger partial charge in [-0.2, -0.15) is 4.98 Å². The normalized spacial score (nSPS) is 16.4. The van der Waals surface area contributed by atoms with Gasteiger partial charge in [0.2, 0.25) is 5.88 Å². The monoisotopic (exact) mass is 281 g/mol. The molecule has 1 aromatic heterocycles. The first-order valence-corrected chi connectivity index (χ1v) is 7.07. The molecule has 0 unspecified atom stereocenters. The maximum Gasteiger partial charge on any atom is 0.242 e. The number of aliphatic hydroxyl groups is 1. The van der Waals surface area contributed by atoms with Crippen molar-refractivity contribution in [1.82, 2.24) is 14.9 Å². The quantitative estimate of drug-likeness (QED) is 0.756. The maximum absolute atomic E-state index is 8.95. The number of hydrogen-bond donors (Lipinski definition) is 2. The molecule has 1 aliphatic rings. The van der Waals surface area contributed by atoms with Gasteiger partial charge in [0.05, 0.1) is 13.2 Å². The molecule has 3 N–H and O–H groups in total. The molecule has 20 heavy (non-hydrogen) atoms. The average molecular weight is 281 g/mol. The Bertz CT molecular complexity index is 421. The van der Waals surface area contributed by atoms with Crippen LogP contribution in [0.3, 0.4) is 0 Å². The van der Waals surface area contributed by atoms with E-state index in [1.807, 2.05) is 6.92 Å². The molecule has 0 saturated carbocycles. The number of nitrogen functional groups attached to an aromatic ring is 1. The van der Waals surface area contributed by atoms with Gasteiger partial charge in [-0.05, 0) is 6.42 Å². The van der Waals surface area contributed by atoms with Crippen LogP contribution in [-0.2, 0) is 0 Å².